The maximum atomic E-state index is 13.0. The Kier molecular flexibility index (Phi) is 6.35. The van der Waals surface area contributed by atoms with Crippen molar-refractivity contribution in [3.05, 3.63) is 30.1 Å². The van der Waals surface area contributed by atoms with Gasteiger partial charge in [0.25, 0.3) is 0 Å². The fraction of sp³-hybridized carbons (Fsp3) is 0.650. The summed E-state index contributed by atoms with van der Waals surface area (Å²) in [6, 6.07) is 6.27. The molecule has 2 amide bonds. The second-order valence-electron chi connectivity index (χ2n) is 7.70. The number of nitrogens with one attached hydrogen (secondary N) is 2. The van der Waals surface area contributed by atoms with Crippen LogP contribution in [0.25, 0.3) is 0 Å². The van der Waals surface area contributed by atoms with E-state index in [1.807, 2.05) is 0 Å². The molecule has 1 aromatic carbocycles. The molecule has 1 aromatic rings. The smallest absolute Gasteiger partial charge is 0.315 e. The number of hydrogen-bond donors (Lipinski definition) is 3. The average molecular weight is 363 g/mol. The third-order valence-electron chi connectivity index (χ3n) is 5.49. The molecule has 2 fully saturated rings. The van der Waals surface area contributed by atoms with Crippen LogP contribution in [-0.4, -0.2) is 23.8 Å². The van der Waals surface area contributed by atoms with E-state index < -0.39 is 5.72 Å². The average Bonchev–Trinajstić information content (AvgIpc) is 2.88. The number of halogens is 1. The van der Waals surface area contributed by atoms with Gasteiger partial charge < -0.3 is 15.4 Å². The van der Waals surface area contributed by atoms with E-state index in [2.05, 4.69) is 10.6 Å². The molecule has 0 unspecified atom stereocenters. The first-order valence-corrected chi connectivity index (χ1v) is 9.83. The quantitative estimate of drug-likeness (QED) is 0.562. The Labute approximate surface area is 154 Å². The molecule has 2 aliphatic rings. The molecule has 0 aromatic heterocycles. The van der Waals surface area contributed by atoms with E-state index in [1.54, 1.807) is 12.1 Å². The molecular weight excluding hydrogens is 333 g/mol. The monoisotopic (exact) mass is 363 g/mol. The topological polar surface area (TPSA) is 76.4 Å². The molecule has 0 bridgehead atoms. The van der Waals surface area contributed by atoms with Gasteiger partial charge >= 0.3 is 6.03 Å². The Morgan fingerprint density at radius 3 is 2.08 bits per heavy atom. The van der Waals surface area contributed by atoms with Crippen molar-refractivity contribution in [3.63, 3.8) is 0 Å². The predicted molar refractivity (Wildman–Crippen MR) is 99.4 cm³/mol. The van der Waals surface area contributed by atoms with Crippen molar-refractivity contribution in [2.24, 2.45) is 5.73 Å². The van der Waals surface area contributed by atoms with Crippen LogP contribution in [0.2, 0.25) is 0 Å². The third kappa shape index (κ3) is 5.59. The molecule has 2 saturated carbocycles. The molecule has 0 radical (unpaired) electrons. The van der Waals surface area contributed by atoms with Crippen LogP contribution in [0.1, 0.15) is 64.2 Å². The normalized spacial score (nSPS) is 27.4. The molecule has 6 heteroatoms. The van der Waals surface area contributed by atoms with Gasteiger partial charge in [0.2, 0.25) is 0 Å². The minimum atomic E-state index is -0.756. The number of rotatable bonds is 4. The highest BCUT2D eigenvalue weighted by Gasteiger charge is 2.34. The van der Waals surface area contributed by atoms with Gasteiger partial charge in [0.05, 0.1) is 0 Å². The second kappa shape index (κ2) is 8.71. The Hall–Kier alpha value is -1.82. The summed E-state index contributed by atoms with van der Waals surface area (Å²) in [5, 5.41) is 6.21. The Morgan fingerprint density at radius 1 is 0.962 bits per heavy atom. The van der Waals surface area contributed by atoms with Crippen LogP contribution in [-0.2, 0) is 0 Å². The van der Waals surface area contributed by atoms with Crippen molar-refractivity contribution in [2.75, 3.05) is 0 Å². The van der Waals surface area contributed by atoms with Gasteiger partial charge in [-0.3, -0.25) is 5.73 Å². The molecule has 4 N–H and O–H groups in total. The first kappa shape index (κ1) is 19.0. The summed E-state index contributed by atoms with van der Waals surface area (Å²) >= 11 is 0. The molecule has 5 nitrogen and oxygen atoms in total. The summed E-state index contributed by atoms with van der Waals surface area (Å²) in [5.41, 5.74) is 5.59. The lowest BCUT2D eigenvalue weighted by Crippen LogP contribution is -2.54. The van der Waals surface area contributed by atoms with Gasteiger partial charge in [-0.05, 0) is 49.9 Å². The number of hydrogen-bond acceptors (Lipinski definition) is 3. The molecule has 3 rings (SSSR count). The van der Waals surface area contributed by atoms with E-state index in [-0.39, 0.29) is 17.9 Å². The minimum absolute atomic E-state index is 0.0640. The Morgan fingerprint density at radius 2 is 1.50 bits per heavy atom. The van der Waals surface area contributed by atoms with Crippen LogP contribution < -0.4 is 21.1 Å². The van der Waals surface area contributed by atoms with Crippen LogP contribution in [0.5, 0.6) is 5.75 Å². The summed E-state index contributed by atoms with van der Waals surface area (Å²) < 4.78 is 18.9. The molecule has 0 spiro atoms. The van der Waals surface area contributed by atoms with Crippen molar-refractivity contribution in [3.8, 4) is 5.75 Å². The zero-order valence-electron chi connectivity index (χ0n) is 15.3. The number of ether oxygens (including phenoxy) is 1. The van der Waals surface area contributed by atoms with Gasteiger partial charge in [0.15, 0.2) is 5.72 Å². The highest BCUT2D eigenvalue weighted by molar-refractivity contribution is 5.74. The maximum Gasteiger partial charge on any atom is 0.315 e. The summed E-state index contributed by atoms with van der Waals surface area (Å²) in [6.07, 6.45) is 9.95. The molecule has 0 aliphatic heterocycles. The lowest BCUT2D eigenvalue weighted by molar-refractivity contribution is 0.0285. The fourth-order valence-corrected chi connectivity index (χ4v) is 3.93. The summed E-state index contributed by atoms with van der Waals surface area (Å²) in [6.45, 7) is 0. The van der Waals surface area contributed by atoms with Crippen molar-refractivity contribution >= 4 is 6.03 Å². The van der Waals surface area contributed by atoms with Crippen molar-refractivity contribution in [1.29, 1.82) is 0 Å². The Balaban J connectivity index is 1.42. The second-order valence-corrected chi connectivity index (χ2v) is 7.70. The number of carbonyl (C=O) groups excluding carboxylic acids is 1. The third-order valence-corrected chi connectivity index (χ3v) is 5.49. The van der Waals surface area contributed by atoms with Gasteiger partial charge in [-0.15, -0.1) is 0 Å². The summed E-state index contributed by atoms with van der Waals surface area (Å²) in [5.74, 6) is 0.280. The van der Waals surface area contributed by atoms with Crippen LogP contribution in [0.4, 0.5) is 9.18 Å². The predicted octanol–water partition coefficient (Wildman–Crippen LogP) is 3.82. The van der Waals surface area contributed by atoms with E-state index in [9.17, 15) is 9.18 Å². The van der Waals surface area contributed by atoms with Crippen LogP contribution >= 0.6 is 0 Å². The first-order valence-electron chi connectivity index (χ1n) is 9.83. The largest absolute Gasteiger partial charge is 0.473 e. The van der Waals surface area contributed by atoms with E-state index in [0.29, 0.717) is 24.6 Å². The fourth-order valence-electron chi connectivity index (χ4n) is 3.93. The van der Waals surface area contributed by atoms with Crippen molar-refractivity contribution in [2.45, 2.75) is 82.0 Å². The van der Waals surface area contributed by atoms with Gasteiger partial charge in [-0.2, -0.15) is 0 Å². The van der Waals surface area contributed by atoms with Crippen LogP contribution in [0.3, 0.4) is 0 Å². The number of amides is 2. The molecule has 0 heterocycles. The van der Waals surface area contributed by atoms with E-state index >= 15 is 0 Å². The number of nitrogens with two attached hydrogens (primary N) is 1. The van der Waals surface area contributed by atoms with Crippen molar-refractivity contribution in [1.82, 2.24) is 10.6 Å². The molecule has 26 heavy (non-hydrogen) atoms. The van der Waals surface area contributed by atoms with Crippen molar-refractivity contribution < 1.29 is 13.9 Å². The van der Waals surface area contributed by atoms with E-state index in [4.69, 9.17) is 10.5 Å². The number of urea groups is 1. The van der Waals surface area contributed by atoms with Gasteiger partial charge in [0, 0.05) is 24.9 Å². The van der Waals surface area contributed by atoms with Gasteiger partial charge in [0.1, 0.15) is 11.6 Å². The molecule has 0 saturated heterocycles. The highest BCUT2D eigenvalue weighted by Crippen LogP contribution is 2.29. The van der Waals surface area contributed by atoms with Crippen LogP contribution in [0, 0.1) is 5.82 Å². The molecule has 144 valence electrons. The van der Waals surface area contributed by atoms with Crippen LogP contribution in [0.15, 0.2) is 24.3 Å². The van der Waals surface area contributed by atoms with E-state index in [1.165, 1.54) is 37.8 Å². The summed E-state index contributed by atoms with van der Waals surface area (Å²) in [7, 11) is 0. The minimum Gasteiger partial charge on any atom is -0.473 e. The van der Waals surface area contributed by atoms with Gasteiger partial charge in [-0.1, -0.05) is 25.7 Å². The summed E-state index contributed by atoms with van der Waals surface area (Å²) in [4.78, 5) is 12.3. The molecular formula is C20H30FN3O2. The maximum absolute atomic E-state index is 13.0. The first-order chi connectivity index (χ1) is 12.5. The number of carbonyl (C=O) groups is 1. The zero-order chi connectivity index (χ0) is 18.4. The lowest BCUT2D eigenvalue weighted by Gasteiger charge is -2.37. The number of benzene rings is 1. The lowest BCUT2D eigenvalue weighted by atomic mass is 9.88. The standard InChI is InChI=1S/C20H30FN3O2/c21-15-7-9-18(10-8-15)26-20(22)13-11-17(12-14-20)24-19(25)23-16-5-3-1-2-4-6-16/h7-10,16-17H,1-6,11-14,22H2,(H2,23,24,25). The zero-order valence-corrected chi connectivity index (χ0v) is 15.3. The highest BCUT2D eigenvalue weighted by atomic mass is 19.1. The van der Waals surface area contributed by atoms with E-state index in [0.717, 1.165) is 25.7 Å². The molecule has 0 atom stereocenters. The molecule has 2 aliphatic carbocycles. The Bertz CT molecular complexity index is 577. The SMILES string of the molecule is NC1(Oc2ccc(F)cc2)CCC(NC(=O)NC2CCCCCC2)CC1. The van der Waals surface area contributed by atoms with Gasteiger partial charge in [-0.25, -0.2) is 9.18 Å².